The van der Waals surface area contributed by atoms with Crippen LogP contribution in [0.4, 0.5) is 13.2 Å². The minimum absolute atomic E-state index is 0. The van der Waals surface area contributed by atoms with Crippen LogP contribution >= 0.6 is 12.4 Å². The highest BCUT2D eigenvalue weighted by Gasteiger charge is 2.14. The van der Waals surface area contributed by atoms with Crippen LogP contribution in [0, 0.1) is 17.5 Å². The summed E-state index contributed by atoms with van der Waals surface area (Å²) in [7, 11) is 1.59. The Labute approximate surface area is 160 Å². The van der Waals surface area contributed by atoms with Crippen molar-refractivity contribution < 1.29 is 17.9 Å². The monoisotopic (exact) mass is 398 g/mol. The average Bonchev–Trinajstić information content (AvgIpc) is 3.08. The highest BCUT2D eigenvalue weighted by atomic mass is 35.5. The fraction of sp³-hybridized carbons (Fsp3) is 0.222. The molecule has 0 aliphatic carbocycles. The summed E-state index contributed by atoms with van der Waals surface area (Å²) in [4.78, 5) is 0. The Bertz CT molecular complexity index is 902. The second kappa shape index (κ2) is 8.88. The predicted octanol–water partition coefficient (Wildman–Crippen LogP) is 3.36. The molecule has 2 N–H and O–H groups in total. The summed E-state index contributed by atoms with van der Waals surface area (Å²) in [6, 6.07) is 8.13. The van der Waals surface area contributed by atoms with E-state index < -0.39 is 23.5 Å². The molecular formula is C18H18ClF3N4O. The Morgan fingerprint density at radius 2 is 1.74 bits per heavy atom. The van der Waals surface area contributed by atoms with Gasteiger partial charge in [0.1, 0.15) is 17.3 Å². The van der Waals surface area contributed by atoms with Gasteiger partial charge in [-0.15, -0.1) is 17.5 Å². The normalized spacial score (nSPS) is 11.7. The smallest absolute Gasteiger partial charge is 0.161 e. The molecule has 0 radical (unpaired) electrons. The highest BCUT2D eigenvalue weighted by molar-refractivity contribution is 5.85. The number of ether oxygens (including phenoxy) is 1. The van der Waals surface area contributed by atoms with Crippen LogP contribution in [-0.2, 0) is 13.0 Å². The van der Waals surface area contributed by atoms with E-state index in [2.05, 4.69) is 10.3 Å². The minimum atomic E-state index is -1.22. The Morgan fingerprint density at radius 1 is 1.07 bits per heavy atom. The SMILES string of the molecule is COc1ccc(-c2cn(C[C@H](N)Cc3cc(F)c(F)cc3F)nn2)cc1.Cl. The summed E-state index contributed by atoms with van der Waals surface area (Å²) in [5, 5.41) is 8.08. The van der Waals surface area contributed by atoms with E-state index in [1.165, 1.54) is 4.68 Å². The molecule has 3 aromatic rings. The van der Waals surface area contributed by atoms with Gasteiger partial charge < -0.3 is 10.5 Å². The summed E-state index contributed by atoms with van der Waals surface area (Å²) in [6.07, 6.45) is 1.75. The lowest BCUT2D eigenvalue weighted by Gasteiger charge is -2.12. The van der Waals surface area contributed by atoms with E-state index in [9.17, 15) is 13.2 Å². The molecule has 0 bridgehead atoms. The number of nitrogens with two attached hydrogens (primary N) is 1. The first-order valence-electron chi connectivity index (χ1n) is 7.90. The number of aromatic nitrogens is 3. The van der Waals surface area contributed by atoms with Crippen LogP contribution in [0.25, 0.3) is 11.3 Å². The molecule has 0 saturated carbocycles. The Hall–Kier alpha value is -2.58. The first-order chi connectivity index (χ1) is 12.5. The molecule has 0 amide bonds. The second-order valence-corrected chi connectivity index (χ2v) is 5.88. The van der Waals surface area contributed by atoms with Gasteiger partial charge in [-0.2, -0.15) is 0 Å². The molecule has 0 aliphatic rings. The van der Waals surface area contributed by atoms with Gasteiger partial charge >= 0.3 is 0 Å². The lowest BCUT2D eigenvalue weighted by Crippen LogP contribution is -2.29. The Morgan fingerprint density at radius 3 is 2.41 bits per heavy atom. The van der Waals surface area contributed by atoms with Gasteiger partial charge in [-0.05, 0) is 42.3 Å². The topological polar surface area (TPSA) is 66.0 Å². The molecule has 0 aliphatic heterocycles. The zero-order valence-corrected chi connectivity index (χ0v) is 15.2. The first-order valence-corrected chi connectivity index (χ1v) is 7.90. The Balaban J connectivity index is 0.00000261. The van der Waals surface area contributed by atoms with Crippen molar-refractivity contribution in [2.75, 3.05) is 7.11 Å². The molecule has 0 saturated heterocycles. The Kier molecular flexibility index (Phi) is 6.81. The second-order valence-electron chi connectivity index (χ2n) is 5.88. The zero-order chi connectivity index (χ0) is 18.7. The van der Waals surface area contributed by atoms with Gasteiger partial charge in [0, 0.05) is 17.7 Å². The van der Waals surface area contributed by atoms with Crippen molar-refractivity contribution in [1.29, 1.82) is 0 Å². The number of halogens is 4. The summed E-state index contributed by atoms with van der Waals surface area (Å²) >= 11 is 0. The fourth-order valence-corrected chi connectivity index (χ4v) is 2.59. The van der Waals surface area contributed by atoms with E-state index >= 15 is 0 Å². The standard InChI is InChI=1S/C18H17F3N4O.ClH/c1-26-14-4-2-11(3-5-14)18-10-25(24-23-18)9-13(22)6-12-7-16(20)17(21)8-15(12)19;/h2-5,7-8,10,13H,6,9,22H2,1H3;1H/t13-;/m1./s1. The van der Waals surface area contributed by atoms with Gasteiger partial charge in [0.05, 0.1) is 19.9 Å². The molecule has 0 spiro atoms. The maximum absolute atomic E-state index is 13.7. The van der Waals surface area contributed by atoms with Gasteiger partial charge in [-0.1, -0.05) is 5.21 Å². The molecule has 1 atom stereocenters. The first kappa shape index (κ1) is 20.7. The van der Waals surface area contributed by atoms with E-state index in [1.807, 2.05) is 24.3 Å². The van der Waals surface area contributed by atoms with Crippen molar-refractivity contribution in [3.63, 3.8) is 0 Å². The molecule has 1 aromatic heterocycles. The van der Waals surface area contributed by atoms with Crippen molar-refractivity contribution >= 4 is 12.4 Å². The molecule has 144 valence electrons. The summed E-state index contributed by atoms with van der Waals surface area (Å²) in [5.74, 6) is -2.41. The molecule has 3 rings (SSSR count). The molecule has 5 nitrogen and oxygen atoms in total. The molecule has 9 heteroatoms. The molecule has 2 aromatic carbocycles. The van der Waals surface area contributed by atoms with Crippen LogP contribution in [0.3, 0.4) is 0 Å². The molecule has 27 heavy (non-hydrogen) atoms. The van der Waals surface area contributed by atoms with Crippen molar-refractivity contribution in [2.45, 2.75) is 19.0 Å². The lowest BCUT2D eigenvalue weighted by atomic mass is 10.1. The van der Waals surface area contributed by atoms with Gasteiger partial charge in [0.25, 0.3) is 0 Å². The third-order valence-corrected chi connectivity index (χ3v) is 3.92. The van der Waals surface area contributed by atoms with Crippen LogP contribution in [-0.4, -0.2) is 28.1 Å². The highest BCUT2D eigenvalue weighted by Crippen LogP contribution is 2.20. The fourth-order valence-electron chi connectivity index (χ4n) is 2.59. The number of methoxy groups -OCH3 is 1. The third kappa shape index (κ3) is 4.99. The van der Waals surface area contributed by atoms with Crippen LogP contribution in [0.15, 0.2) is 42.6 Å². The van der Waals surface area contributed by atoms with Crippen molar-refractivity contribution in [2.24, 2.45) is 5.73 Å². The number of rotatable bonds is 6. The molecule has 0 fully saturated rings. The van der Waals surface area contributed by atoms with Gasteiger partial charge in [-0.25, -0.2) is 13.2 Å². The molecule has 0 unspecified atom stereocenters. The number of hydrogen-bond acceptors (Lipinski definition) is 4. The van der Waals surface area contributed by atoms with E-state index in [-0.39, 0.29) is 30.9 Å². The predicted molar refractivity (Wildman–Crippen MR) is 97.3 cm³/mol. The van der Waals surface area contributed by atoms with E-state index in [0.29, 0.717) is 11.8 Å². The number of benzene rings is 2. The third-order valence-electron chi connectivity index (χ3n) is 3.92. The summed E-state index contributed by atoms with van der Waals surface area (Å²) in [6.45, 7) is 0.252. The van der Waals surface area contributed by atoms with Crippen LogP contribution < -0.4 is 10.5 Å². The van der Waals surface area contributed by atoms with Crippen LogP contribution in [0.2, 0.25) is 0 Å². The lowest BCUT2D eigenvalue weighted by molar-refractivity contribution is 0.415. The van der Waals surface area contributed by atoms with Crippen molar-refractivity contribution in [3.8, 4) is 17.0 Å². The van der Waals surface area contributed by atoms with Crippen LogP contribution in [0.5, 0.6) is 5.75 Å². The maximum Gasteiger partial charge on any atom is 0.161 e. The van der Waals surface area contributed by atoms with Crippen molar-refractivity contribution in [3.05, 3.63) is 65.6 Å². The molecule has 1 heterocycles. The van der Waals surface area contributed by atoms with E-state index in [1.54, 1.807) is 13.3 Å². The van der Waals surface area contributed by atoms with E-state index in [0.717, 1.165) is 17.4 Å². The number of nitrogens with zero attached hydrogens (tertiary/aromatic N) is 3. The number of hydrogen-bond donors (Lipinski definition) is 1. The maximum atomic E-state index is 13.7. The zero-order valence-electron chi connectivity index (χ0n) is 14.4. The largest absolute Gasteiger partial charge is 0.497 e. The minimum Gasteiger partial charge on any atom is -0.497 e. The molecular weight excluding hydrogens is 381 g/mol. The average molecular weight is 399 g/mol. The van der Waals surface area contributed by atoms with Crippen molar-refractivity contribution in [1.82, 2.24) is 15.0 Å². The van der Waals surface area contributed by atoms with Gasteiger partial charge in [0.2, 0.25) is 0 Å². The van der Waals surface area contributed by atoms with Gasteiger partial charge in [0.15, 0.2) is 11.6 Å². The quantitative estimate of drug-likeness (QED) is 0.646. The van der Waals surface area contributed by atoms with Gasteiger partial charge in [-0.3, -0.25) is 4.68 Å². The van der Waals surface area contributed by atoms with E-state index in [4.69, 9.17) is 10.5 Å². The van der Waals surface area contributed by atoms with Crippen LogP contribution in [0.1, 0.15) is 5.56 Å². The summed E-state index contributed by atoms with van der Waals surface area (Å²) < 4.78 is 46.6. The summed E-state index contributed by atoms with van der Waals surface area (Å²) in [5.41, 5.74) is 7.52.